The van der Waals surface area contributed by atoms with Crippen LogP contribution in [0.3, 0.4) is 0 Å². The molecule has 18 heavy (non-hydrogen) atoms. The Morgan fingerprint density at radius 1 is 1.33 bits per heavy atom. The molecule has 1 aromatic carbocycles. The summed E-state index contributed by atoms with van der Waals surface area (Å²) in [5.41, 5.74) is 0.774. The minimum Gasteiger partial charge on any atom is -0.317 e. The topological polar surface area (TPSA) is 12.0 Å². The fourth-order valence-corrected chi connectivity index (χ4v) is 3.16. The largest absolute Gasteiger partial charge is 0.317 e. The van der Waals surface area contributed by atoms with Crippen LogP contribution in [0, 0.1) is 17.7 Å². The van der Waals surface area contributed by atoms with E-state index in [-0.39, 0.29) is 5.82 Å². The van der Waals surface area contributed by atoms with Gasteiger partial charge in [-0.15, -0.1) is 0 Å². The predicted molar refractivity (Wildman–Crippen MR) is 74.5 cm³/mol. The molecule has 1 saturated carbocycles. The Labute approximate surface area is 114 Å². The van der Waals surface area contributed by atoms with Gasteiger partial charge in [0.25, 0.3) is 0 Å². The van der Waals surface area contributed by atoms with Crippen molar-refractivity contribution in [2.45, 2.75) is 32.6 Å². The first-order valence-electron chi connectivity index (χ1n) is 6.85. The average molecular weight is 270 g/mol. The van der Waals surface area contributed by atoms with E-state index in [4.69, 9.17) is 11.6 Å². The van der Waals surface area contributed by atoms with Crippen LogP contribution in [-0.2, 0) is 6.42 Å². The summed E-state index contributed by atoms with van der Waals surface area (Å²) in [7, 11) is 0. The van der Waals surface area contributed by atoms with Crippen molar-refractivity contribution in [2.24, 2.45) is 11.8 Å². The van der Waals surface area contributed by atoms with Gasteiger partial charge in [-0.3, -0.25) is 0 Å². The van der Waals surface area contributed by atoms with E-state index in [1.165, 1.54) is 25.3 Å². The number of rotatable bonds is 5. The smallest absolute Gasteiger partial charge is 0.126 e. The second kappa shape index (κ2) is 6.53. The summed E-state index contributed by atoms with van der Waals surface area (Å²) in [6, 6.07) is 4.87. The zero-order valence-electron chi connectivity index (χ0n) is 10.9. The Morgan fingerprint density at radius 2 is 2.11 bits per heavy atom. The van der Waals surface area contributed by atoms with Gasteiger partial charge in [0.1, 0.15) is 5.82 Å². The number of hydrogen-bond acceptors (Lipinski definition) is 1. The Balaban J connectivity index is 2.01. The molecule has 1 aliphatic rings. The molecular formula is C15H21ClFN. The zero-order valence-corrected chi connectivity index (χ0v) is 11.6. The fourth-order valence-electron chi connectivity index (χ4n) is 2.96. The molecule has 1 N–H and O–H groups in total. The average Bonchev–Trinajstić information content (AvgIpc) is 2.79. The Bertz CT molecular complexity index is 394. The zero-order chi connectivity index (χ0) is 13.0. The molecule has 0 saturated heterocycles. The highest BCUT2D eigenvalue weighted by atomic mass is 35.5. The van der Waals surface area contributed by atoms with Gasteiger partial charge in [0.2, 0.25) is 0 Å². The van der Waals surface area contributed by atoms with Crippen molar-refractivity contribution in [3.05, 3.63) is 34.6 Å². The lowest BCUT2D eigenvalue weighted by Crippen LogP contribution is -2.26. The summed E-state index contributed by atoms with van der Waals surface area (Å²) >= 11 is 5.94. The maximum absolute atomic E-state index is 13.7. The molecule has 2 unspecified atom stereocenters. The third-order valence-electron chi connectivity index (χ3n) is 3.96. The third kappa shape index (κ3) is 3.46. The molecular weight excluding hydrogens is 249 g/mol. The highest BCUT2D eigenvalue weighted by Gasteiger charge is 2.27. The van der Waals surface area contributed by atoms with Crippen molar-refractivity contribution < 1.29 is 4.39 Å². The second-order valence-corrected chi connectivity index (χ2v) is 5.64. The van der Waals surface area contributed by atoms with Crippen molar-refractivity contribution >= 4 is 11.6 Å². The Morgan fingerprint density at radius 3 is 2.89 bits per heavy atom. The maximum atomic E-state index is 13.7. The van der Waals surface area contributed by atoms with Gasteiger partial charge in [0.05, 0.1) is 0 Å². The number of nitrogens with one attached hydrogen (secondary N) is 1. The fraction of sp³-hybridized carbons (Fsp3) is 0.600. The van der Waals surface area contributed by atoms with Crippen LogP contribution in [0.25, 0.3) is 0 Å². The van der Waals surface area contributed by atoms with Crippen LogP contribution in [0.4, 0.5) is 4.39 Å². The summed E-state index contributed by atoms with van der Waals surface area (Å²) in [4.78, 5) is 0. The van der Waals surface area contributed by atoms with Crippen molar-refractivity contribution in [3.63, 3.8) is 0 Å². The van der Waals surface area contributed by atoms with E-state index in [0.717, 1.165) is 25.1 Å². The minimum atomic E-state index is -0.117. The van der Waals surface area contributed by atoms with Crippen molar-refractivity contribution in [1.82, 2.24) is 5.32 Å². The van der Waals surface area contributed by atoms with Crippen LogP contribution in [-0.4, -0.2) is 13.1 Å². The molecule has 0 radical (unpaired) electrons. The monoisotopic (exact) mass is 269 g/mol. The summed E-state index contributed by atoms with van der Waals surface area (Å²) in [5, 5.41) is 4.04. The van der Waals surface area contributed by atoms with Crippen LogP contribution in [0.1, 0.15) is 31.7 Å². The molecule has 1 nitrogen and oxygen atoms in total. The summed E-state index contributed by atoms with van der Waals surface area (Å²) in [6.07, 6.45) is 4.56. The molecule has 3 heteroatoms. The van der Waals surface area contributed by atoms with E-state index < -0.39 is 0 Å². The van der Waals surface area contributed by atoms with Gasteiger partial charge in [-0.2, -0.15) is 0 Å². The lowest BCUT2D eigenvalue weighted by atomic mass is 9.89. The van der Waals surface area contributed by atoms with Crippen LogP contribution in [0.2, 0.25) is 5.02 Å². The summed E-state index contributed by atoms with van der Waals surface area (Å²) < 4.78 is 13.7. The SMILES string of the molecule is CCNCC1CCCC1Cc1cc(Cl)ccc1F. The molecule has 0 heterocycles. The highest BCUT2D eigenvalue weighted by Crippen LogP contribution is 2.34. The van der Waals surface area contributed by atoms with E-state index >= 15 is 0 Å². The third-order valence-corrected chi connectivity index (χ3v) is 4.20. The first kappa shape index (κ1) is 13.8. The molecule has 1 aromatic rings. The molecule has 1 aliphatic carbocycles. The quantitative estimate of drug-likeness (QED) is 0.850. The summed E-state index contributed by atoms with van der Waals surface area (Å²) in [5.74, 6) is 1.16. The van der Waals surface area contributed by atoms with Gasteiger partial charge in [-0.1, -0.05) is 24.9 Å². The van der Waals surface area contributed by atoms with Crippen LogP contribution >= 0.6 is 11.6 Å². The van der Waals surface area contributed by atoms with E-state index in [1.807, 2.05) is 0 Å². The molecule has 1 fully saturated rings. The van der Waals surface area contributed by atoms with Gasteiger partial charge in [0, 0.05) is 5.02 Å². The molecule has 0 aliphatic heterocycles. The Hall–Kier alpha value is -0.600. The van der Waals surface area contributed by atoms with Crippen LogP contribution in [0.15, 0.2) is 18.2 Å². The molecule has 0 spiro atoms. The number of benzene rings is 1. The molecule has 100 valence electrons. The van der Waals surface area contributed by atoms with E-state index in [9.17, 15) is 4.39 Å². The van der Waals surface area contributed by atoms with Gasteiger partial charge in [-0.25, -0.2) is 4.39 Å². The lowest BCUT2D eigenvalue weighted by molar-refractivity contribution is 0.364. The van der Waals surface area contributed by atoms with Gasteiger partial charge in [0.15, 0.2) is 0 Å². The highest BCUT2D eigenvalue weighted by molar-refractivity contribution is 6.30. The first-order chi connectivity index (χ1) is 8.70. The number of hydrogen-bond donors (Lipinski definition) is 1. The normalized spacial score (nSPS) is 23.5. The van der Waals surface area contributed by atoms with Crippen molar-refractivity contribution in [1.29, 1.82) is 0 Å². The van der Waals surface area contributed by atoms with E-state index in [2.05, 4.69) is 12.2 Å². The first-order valence-corrected chi connectivity index (χ1v) is 7.23. The maximum Gasteiger partial charge on any atom is 0.126 e. The van der Waals surface area contributed by atoms with Gasteiger partial charge >= 0.3 is 0 Å². The summed E-state index contributed by atoms with van der Waals surface area (Å²) in [6.45, 7) is 4.19. The molecule has 2 atom stereocenters. The minimum absolute atomic E-state index is 0.117. The van der Waals surface area contributed by atoms with Gasteiger partial charge in [-0.05, 0) is 68.0 Å². The van der Waals surface area contributed by atoms with E-state index in [0.29, 0.717) is 16.9 Å². The van der Waals surface area contributed by atoms with Gasteiger partial charge < -0.3 is 5.32 Å². The number of halogens is 2. The second-order valence-electron chi connectivity index (χ2n) is 5.20. The van der Waals surface area contributed by atoms with Crippen LogP contribution in [0.5, 0.6) is 0 Å². The molecule has 0 bridgehead atoms. The van der Waals surface area contributed by atoms with Crippen LogP contribution < -0.4 is 5.32 Å². The van der Waals surface area contributed by atoms with Crippen molar-refractivity contribution in [2.75, 3.05) is 13.1 Å². The Kier molecular flexibility index (Phi) is 5.02. The lowest BCUT2D eigenvalue weighted by Gasteiger charge is -2.20. The van der Waals surface area contributed by atoms with E-state index in [1.54, 1.807) is 12.1 Å². The van der Waals surface area contributed by atoms with Crippen molar-refractivity contribution in [3.8, 4) is 0 Å². The molecule has 0 aromatic heterocycles. The standard InChI is InChI=1S/C15H21ClFN/c1-2-18-10-12-5-3-4-11(12)8-13-9-14(16)6-7-15(13)17/h6-7,9,11-12,18H,2-5,8,10H2,1H3. The molecule has 0 amide bonds. The molecule has 2 rings (SSSR count). The predicted octanol–water partition coefficient (Wildman–Crippen LogP) is 4.05.